The van der Waals surface area contributed by atoms with Gasteiger partial charge in [-0.2, -0.15) is 4.98 Å². The smallest absolute Gasteiger partial charge is 0.335 e. The van der Waals surface area contributed by atoms with E-state index in [4.69, 9.17) is 26.2 Å². The quantitative estimate of drug-likeness (QED) is 0.223. The maximum Gasteiger partial charge on any atom is 0.335 e. The van der Waals surface area contributed by atoms with Crippen LogP contribution in [0.4, 0.5) is 5.95 Å². The fraction of sp³-hybridized carbons (Fsp3) is 0.438. The van der Waals surface area contributed by atoms with Crippen molar-refractivity contribution >= 4 is 29.1 Å². The van der Waals surface area contributed by atoms with Crippen molar-refractivity contribution in [2.45, 2.75) is 30.8 Å². The summed E-state index contributed by atoms with van der Waals surface area (Å²) in [5.41, 5.74) is 6.37. The van der Waals surface area contributed by atoms with Gasteiger partial charge in [0, 0.05) is 5.92 Å². The van der Waals surface area contributed by atoms with Gasteiger partial charge >= 0.3 is 11.9 Å². The first-order valence-corrected chi connectivity index (χ1v) is 8.51. The Morgan fingerprint density at radius 2 is 1.87 bits per heavy atom. The molecule has 3 rings (SSSR count). The number of nitrogen functional groups attached to an aromatic ring is 1. The Labute approximate surface area is 167 Å². The Morgan fingerprint density at radius 3 is 2.33 bits per heavy atom. The molecule has 0 radical (unpaired) electrons. The zero-order valence-corrected chi connectivity index (χ0v) is 15.4. The highest BCUT2D eigenvalue weighted by Gasteiger charge is 2.38. The Balaban J connectivity index is 0.000000274. The number of imidazole rings is 1. The number of nitrogens with two attached hydrogens (primary N) is 1. The number of hydrogen-bond acceptors (Lipinski definition) is 10. The zero-order chi connectivity index (χ0) is 22.7. The largest absolute Gasteiger partial charge is 0.479 e. The molecule has 2 aromatic rings. The van der Waals surface area contributed by atoms with E-state index in [1.807, 2.05) is 0 Å². The molecule has 164 valence electrons. The lowest BCUT2D eigenvalue weighted by Crippen LogP contribution is -2.39. The summed E-state index contributed by atoms with van der Waals surface area (Å²) >= 11 is 0. The second-order valence-corrected chi connectivity index (χ2v) is 6.52. The molecule has 14 heteroatoms. The van der Waals surface area contributed by atoms with Gasteiger partial charge in [0.25, 0.3) is 5.56 Å². The molecule has 9 N–H and O–H groups in total. The molecule has 30 heavy (non-hydrogen) atoms. The molecule has 0 aliphatic heterocycles. The van der Waals surface area contributed by atoms with Gasteiger partial charge in [-0.1, -0.05) is 6.58 Å². The van der Waals surface area contributed by atoms with Crippen molar-refractivity contribution in [3.63, 3.8) is 0 Å². The maximum absolute atomic E-state index is 11.7. The molecule has 0 unspecified atom stereocenters. The third kappa shape index (κ3) is 4.46. The van der Waals surface area contributed by atoms with Crippen LogP contribution in [0.1, 0.15) is 12.5 Å². The predicted octanol–water partition coefficient (Wildman–Crippen LogP) is -2.95. The Kier molecular flexibility index (Phi) is 6.88. The number of rotatable bonds is 5. The average Bonchev–Trinajstić information content (AvgIpc) is 3.21. The minimum Gasteiger partial charge on any atom is -0.479 e. The molecule has 1 fully saturated rings. The van der Waals surface area contributed by atoms with Crippen LogP contribution in [0.5, 0.6) is 0 Å². The molecule has 0 bridgehead atoms. The van der Waals surface area contributed by atoms with Gasteiger partial charge in [0.15, 0.2) is 23.4 Å². The van der Waals surface area contributed by atoms with Crippen LogP contribution in [0, 0.1) is 5.92 Å². The number of aromatic nitrogens is 4. The molecule has 2 aromatic heterocycles. The third-order valence-corrected chi connectivity index (χ3v) is 4.62. The van der Waals surface area contributed by atoms with E-state index in [0.717, 1.165) is 0 Å². The predicted molar refractivity (Wildman–Crippen MR) is 99.2 cm³/mol. The monoisotopic (exact) mass is 427 g/mol. The van der Waals surface area contributed by atoms with Crippen LogP contribution >= 0.6 is 0 Å². The van der Waals surface area contributed by atoms with E-state index in [9.17, 15) is 24.6 Å². The molecular formula is C16H21N5O9. The molecule has 1 aliphatic rings. The Bertz CT molecular complexity index is 998. The van der Waals surface area contributed by atoms with Gasteiger partial charge in [-0.3, -0.25) is 9.78 Å². The molecule has 0 aromatic carbocycles. The first kappa shape index (κ1) is 23.0. The maximum atomic E-state index is 11.7. The number of carboxylic acids is 2. The number of aromatic amines is 1. The number of nitrogens with one attached hydrogen (secondary N) is 1. The SMILES string of the molecule is C=C1[C@H](CO)[C@@H](O)C[C@@H]1n1cnc2c(=O)[nH]c(N)nc21.O=C(O)[C@H](O)[C@@H](O)C(=O)O. The Hall–Kier alpha value is -3.33. The summed E-state index contributed by atoms with van der Waals surface area (Å²) in [6.07, 6.45) is -3.33. The fourth-order valence-corrected chi connectivity index (χ4v) is 3.01. The minimum atomic E-state index is -2.27. The van der Waals surface area contributed by atoms with E-state index in [-0.39, 0.29) is 30.0 Å². The van der Waals surface area contributed by atoms with E-state index in [1.165, 1.54) is 6.33 Å². The molecule has 0 saturated heterocycles. The lowest BCUT2D eigenvalue weighted by atomic mass is 10.0. The summed E-state index contributed by atoms with van der Waals surface area (Å²) in [6, 6.07) is -0.263. The summed E-state index contributed by atoms with van der Waals surface area (Å²) in [4.78, 5) is 41.8. The summed E-state index contributed by atoms with van der Waals surface area (Å²) in [5.74, 6) is -3.91. The standard InChI is InChI=1S/C12H15N5O3.C4H6O6/c1-5-6(3-18)8(19)2-7(5)17-4-14-9-10(17)15-12(13)16-11(9)20;5-1(3(7)8)2(6)4(9)10/h4,6-8,18-19H,1-3H2,(H3,13,15,16,20);1-2,5-6H,(H,7,8)(H,9,10)/t6-,7-,8-;1-,2-/m01/s1. The number of carboxylic acid groups (broad SMARTS) is 2. The van der Waals surface area contributed by atoms with Crippen molar-refractivity contribution < 1.29 is 40.2 Å². The Morgan fingerprint density at radius 1 is 1.30 bits per heavy atom. The van der Waals surface area contributed by atoms with Gasteiger partial charge in [0.05, 0.1) is 25.1 Å². The van der Waals surface area contributed by atoms with Crippen LogP contribution in [0.25, 0.3) is 11.2 Å². The summed E-state index contributed by atoms with van der Waals surface area (Å²) in [5, 5.41) is 51.8. The summed E-state index contributed by atoms with van der Waals surface area (Å²) in [7, 11) is 0. The van der Waals surface area contributed by atoms with E-state index >= 15 is 0 Å². The molecule has 14 nitrogen and oxygen atoms in total. The lowest BCUT2D eigenvalue weighted by Gasteiger charge is -2.15. The van der Waals surface area contributed by atoms with E-state index in [2.05, 4.69) is 21.5 Å². The van der Waals surface area contributed by atoms with Gasteiger partial charge < -0.3 is 40.9 Å². The topological polar surface area (TPSA) is 245 Å². The molecular weight excluding hydrogens is 406 g/mol. The number of hydrogen-bond donors (Lipinski definition) is 8. The molecule has 0 spiro atoms. The first-order chi connectivity index (χ1) is 14.0. The number of aliphatic hydroxyl groups is 4. The van der Waals surface area contributed by atoms with Gasteiger partial charge in [-0.05, 0) is 12.0 Å². The molecule has 5 atom stereocenters. The van der Waals surface area contributed by atoms with Crippen molar-refractivity contribution in [3.05, 3.63) is 28.8 Å². The van der Waals surface area contributed by atoms with Crippen LogP contribution in [0.15, 0.2) is 23.3 Å². The highest BCUT2D eigenvalue weighted by atomic mass is 16.4. The highest BCUT2D eigenvalue weighted by Crippen LogP contribution is 2.39. The number of H-pyrrole nitrogens is 1. The average molecular weight is 427 g/mol. The van der Waals surface area contributed by atoms with Crippen molar-refractivity contribution in [2.24, 2.45) is 5.92 Å². The fourth-order valence-electron chi connectivity index (χ4n) is 3.01. The summed E-state index contributed by atoms with van der Waals surface area (Å²) < 4.78 is 1.67. The molecule has 1 saturated carbocycles. The van der Waals surface area contributed by atoms with E-state index < -0.39 is 35.8 Å². The molecule has 2 heterocycles. The first-order valence-electron chi connectivity index (χ1n) is 8.51. The second-order valence-electron chi connectivity index (χ2n) is 6.52. The van der Waals surface area contributed by atoms with Crippen molar-refractivity contribution in [1.29, 1.82) is 0 Å². The van der Waals surface area contributed by atoms with Crippen LogP contribution in [-0.4, -0.2) is 87.0 Å². The van der Waals surface area contributed by atoms with Gasteiger partial charge in [-0.25, -0.2) is 14.6 Å². The normalized spacial score (nSPS) is 22.9. The van der Waals surface area contributed by atoms with Gasteiger partial charge in [0.2, 0.25) is 5.95 Å². The van der Waals surface area contributed by atoms with Gasteiger partial charge in [-0.15, -0.1) is 0 Å². The van der Waals surface area contributed by atoms with E-state index in [1.54, 1.807) is 4.57 Å². The number of anilines is 1. The second kappa shape index (κ2) is 9.00. The van der Waals surface area contributed by atoms with Crippen molar-refractivity contribution in [1.82, 2.24) is 19.5 Å². The summed E-state index contributed by atoms with van der Waals surface area (Å²) in [6.45, 7) is 3.76. The number of carbonyl (C=O) groups is 2. The van der Waals surface area contributed by atoms with Crippen molar-refractivity contribution in [2.75, 3.05) is 12.3 Å². The van der Waals surface area contributed by atoms with Crippen LogP contribution in [0.3, 0.4) is 0 Å². The van der Waals surface area contributed by atoms with Crippen molar-refractivity contribution in [3.8, 4) is 0 Å². The molecule has 0 amide bonds. The van der Waals surface area contributed by atoms with E-state index in [0.29, 0.717) is 17.6 Å². The van der Waals surface area contributed by atoms with Crippen LogP contribution < -0.4 is 11.3 Å². The third-order valence-electron chi connectivity index (χ3n) is 4.62. The number of aliphatic hydroxyl groups excluding tert-OH is 4. The molecule has 1 aliphatic carbocycles. The number of aliphatic carboxylic acids is 2. The highest BCUT2D eigenvalue weighted by molar-refractivity contribution is 5.83. The van der Waals surface area contributed by atoms with Crippen LogP contribution in [0.2, 0.25) is 0 Å². The zero-order valence-electron chi connectivity index (χ0n) is 15.4. The number of nitrogens with zero attached hydrogens (tertiary/aromatic N) is 3. The number of fused-ring (bicyclic) bond motifs is 1. The van der Waals surface area contributed by atoms with Gasteiger partial charge in [0.1, 0.15) is 0 Å². The lowest BCUT2D eigenvalue weighted by molar-refractivity contribution is -0.165. The van der Waals surface area contributed by atoms with Crippen LogP contribution in [-0.2, 0) is 9.59 Å². The minimum absolute atomic E-state index is 0.00659.